The van der Waals surface area contributed by atoms with E-state index in [4.69, 9.17) is 4.99 Å². The van der Waals surface area contributed by atoms with Gasteiger partial charge in [-0.05, 0) is 79.6 Å². The maximum Gasteiger partial charge on any atom is 0.144 e. The fourth-order valence-electron chi connectivity index (χ4n) is 4.67. The van der Waals surface area contributed by atoms with Crippen molar-refractivity contribution < 1.29 is 10.2 Å². The van der Waals surface area contributed by atoms with E-state index in [0.29, 0.717) is 6.54 Å². The predicted molar refractivity (Wildman–Crippen MR) is 135 cm³/mol. The molecule has 3 unspecified atom stereocenters. The SMILES string of the molecule is CCCN(CCO)C(C)c1ccc(NC2=CC=C(C3=CC(O)NC=C3)C3CC=CN=C23)cc1. The van der Waals surface area contributed by atoms with Gasteiger partial charge in [-0.2, -0.15) is 0 Å². The largest absolute Gasteiger partial charge is 0.395 e. The van der Waals surface area contributed by atoms with E-state index in [1.807, 2.05) is 18.4 Å². The summed E-state index contributed by atoms with van der Waals surface area (Å²) in [6, 6.07) is 8.78. The molecule has 2 aliphatic heterocycles. The van der Waals surface area contributed by atoms with E-state index in [-0.39, 0.29) is 18.6 Å². The van der Waals surface area contributed by atoms with Gasteiger partial charge in [0.25, 0.3) is 0 Å². The molecule has 0 spiro atoms. The molecule has 0 amide bonds. The number of benzene rings is 1. The zero-order valence-electron chi connectivity index (χ0n) is 19.4. The monoisotopic (exact) mass is 446 g/mol. The number of rotatable bonds is 9. The lowest BCUT2D eigenvalue weighted by atomic mass is 9.80. The molecule has 0 radical (unpaired) electrons. The van der Waals surface area contributed by atoms with Gasteiger partial charge in [0.1, 0.15) is 6.23 Å². The van der Waals surface area contributed by atoms with Crippen molar-refractivity contribution >= 4 is 11.4 Å². The Kier molecular flexibility index (Phi) is 7.60. The summed E-state index contributed by atoms with van der Waals surface area (Å²) >= 11 is 0. The zero-order chi connectivity index (χ0) is 23.2. The van der Waals surface area contributed by atoms with Gasteiger partial charge >= 0.3 is 0 Å². The van der Waals surface area contributed by atoms with E-state index in [0.717, 1.165) is 42.1 Å². The van der Waals surface area contributed by atoms with Crippen LogP contribution in [0.25, 0.3) is 0 Å². The second-order valence-corrected chi connectivity index (χ2v) is 8.64. The summed E-state index contributed by atoms with van der Waals surface area (Å²) in [5.41, 5.74) is 6.48. The van der Waals surface area contributed by atoms with Crippen LogP contribution in [-0.4, -0.2) is 46.7 Å². The maximum atomic E-state index is 9.96. The molecule has 4 rings (SSSR count). The minimum Gasteiger partial charge on any atom is -0.395 e. The molecule has 4 N–H and O–H groups in total. The van der Waals surface area contributed by atoms with E-state index in [1.165, 1.54) is 11.1 Å². The summed E-state index contributed by atoms with van der Waals surface area (Å²) < 4.78 is 0. The van der Waals surface area contributed by atoms with Crippen LogP contribution in [0.4, 0.5) is 5.69 Å². The van der Waals surface area contributed by atoms with Crippen LogP contribution in [0.5, 0.6) is 0 Å². The number of hydrogen-bond donors (Lipinski definition) is 4. The van der Waals surface area contributed by atoms with E-state index in [1.54, 1.807) is 6.20 Å². The Morgan fingerprint density at radius 3 is 2.76 bits per heavy atom. The second-order valence-electron chi connectivity index (χ2n) is 8.64. The van der Waals surface area contributed by atoms with Crippen molar-refractivity contribution in [3.63, 3.8) is 0 Å². The number of nitrogens with one attached hydrogen (secondary N) is 2. The van der Waals surface area contributed by atoms with Crippen LogP contribution in [0, 0.1) is 5.92 Å². The summed E-state index contributed by atoms with van der Waals surface area (Å²) in [5, 5.41) is 25.8. The molecule has 1 aliphatic carbocycles. The fraction of sp³-hybridized carbons (Fsp3) is 0.370. The van der Waals surface area contributed by atoms with E-state index in [2.05, 4.69) is 71.9 Å². The number of anilines is 1. The van der Waals surface area contributed by atoms with Gasteiger partial charge in [0.05, 0.1) is 18.0 Å². The average Bonchev–Trinajstić information content (AvgIpc) is 2.84. The second kappa shape index (κ2) is 10.8. The van der Waals surface area contributed by atoms with Crippen LogP contribution in [0.2, 0.25) is 0 Å². The first-order valence-corrected chi connectivity index (χ1v) is 11.8. The number of aliphatic hydroxyl groups excluding tert-OH is 2. The lowest BCUT2D eigenvalue weighted by Gasteiger charge is -2.30. The summed E-state index contributed by atoms with van der Waals surface area (Å²) in [6.07, 6.45) is 15.1. The molecule has 3 atom stereocenters. The topological polar surface area (TPSA) is 80.1 Å². The van der Waals surface area contributed by atoms with Crippen LogP contribution in [0.1, 0.15) is 38.3 Å². The number of fused-ring (bicyclic) bond motifs is 1. The number of dihydropyridines is 1. The number of allylic oxidation sites excluding steroid dienone is 7. The Balaban J connectivity index is 1.53. The Morgan fingerprint density at radius 2 is 2.03 bits per heavy atom. The van der Waals surface area contributed by atoms with Gasteiger partial charge in [-0.3, -0.25) is 9.89 Å². The third-order valence-electron chi connectivity index (χ3n) is 6.42. The standard InChI is InChI=1S/C27H34N4O2/c1-3-15-31(16-17-32)19(2)20-6-8-22(9-7-20)30-25-11-10-23(21-12-14-28-26(33)18-21)24-5-4-13-29-27(24)25/h4,6-14,18-19,24,26,28,30,32-33H,3,5,15-17H2,1-2H3. The van der Waals surface area contributed by atoms with Crippen molar-refractivity contribution in [2.75, 3.05) is 25.0 Å². The number of aliphatic imine (C=N–C) groups is 1. The van der Waals surface area contributed by atoms with E-state index >= 15 is 0 Å². The zero-order valence-corrected chi connectivity index (χ0v) is 19.4. The van der Waals surface area contributed by atoms with Crippen LogP contribution < -0.4 is 10.6 Å². The summed E-state index contributed by atoms with van der Waals surface area (Å²) in [5.74, 6) is 0.157. The number of hydrogen-bond acceptors (Lipinski definition) is 6. The first-order chi connectivity index (χ1) is 16.1. The molecule has 0 fully saturated rings. The molecule has 3 aliphatic rings. The third-order valence-corrected chi connectivity index (χ3v) is 6.42. The minimum absolute atomic E-state index is 0.157. The molecule has 0 aromatic heterocycles. The molecular weight excluding hydrogens is 412 g/mol. The van der Waals surface area contributed by atoms with E-state index < -0.39 is 6.23 Å². The van der Waals surface area contributed by atoms with Crippen molar-refractivity contribution in [2.45, 2.75) is 39.0 Å². The highest BCUT2D eigenvalue weighted by Crippen LogP contribution is 2.35. The summed E-state index contributed by atoms with van der Waals surface area (Å²) in [7, 11) is 0. The molecule has 174 valence electrons. The number of nitrogens with zero attached hydrogens (tertiary/aromatic N) is 2. The predicted octanol–water partition coefficient (Wildman–Crippen LogP) is 4.02. The van der Waals surface area contributed by atoms with Crippen LogP contribution in [0.15, 0.2) is 88.9 Å². The molecule has 0 saturated heterocycles. The molecule has 1 aromatic carbocycles. The Labute approximate surface area is 196 Å². The van der Waals surface area contributed by atoms with Gasteiger partial charge in [-0.1, -0.05) is 31.2 Å². The molecule has 6 heteroatoms. The van der Waals surface area contributed by atoms with Crippen LogP contribution in [0.3, 0.4) is 0 Å². The van der Waals surface area contributed by atoms with Crippen molar-refractivity contribution in [1.29, 1.82) is 0 Å². The highest BCUT2D eigenvalue weighted by Gasteiger charge is 2.29. The molecule has 0 bridgehead atoms. The van der Waals surface area contributed by atoms with Crippen LogP contribution in [-0.2, 0) is 0 Å². The minimum atomic E-state index is -0.666. The van der Waals surface area contributed by atoms with Crippen molar-refractivity contribution in [3.8, 4) is 0 Å². The molecule has 2 heterocycles. The average molecular weight is 447 g/mol. The Hall–Kier alpha value is -2.93. The van der Waals surface area contributed by atoms with Crippen molar-refractivity contribution in [2.24, 2.45) is 10.9 Å². The molecule has 0 saturated carbocycles. The molecule has 33 heavy (non-hydrogen) atoms. The van der Waals surface area contributed by atoms with Gasteiger partial charge in [0, 0.05) is 30.4 Å². The quantitative estimate of drug-likeness (QED) is 0.461. The van der Waals surface area contributed by atoms with Crippen molar-refractivity contribution in [1.82, 2.24) is 10.2 Å². The first kappa shape index (κ1) is 23.2. The van der Waals surface area contributed by atoms with Gasteiger partial charge < -0.3 is 20.8 Å². The van der Waals surface area contributed by atoms with Gasteiger partial charge in [0.15, 0.2) is 0 Å². The molecule has 6 nitrogen and oxygen atoms in total. The molecular formula is C27H34N4O2. The highest BCUT2D eigenvalue weighted by molar-refractivity contribution is 6.08. The third kappa shape index (κ3) is 5.36. The van der Waals surface area contributed by atoms with Crippen molar-refractivity contribution in [3.05, 3.63) is 89.5 Å². The summed E-state index contributed by atoms with van der Waals surface area (Å²) in [6.45, 7) is 6.19. The smallest absolute Gasteiger partial charge is 0.144 e. The van der Waals surface area contributed by atoms with Crippen LogP contribution >= 0.6 is 0 Å². The number of aliphatic hydroxyl groups is 2. The maximum absolute atomic E-state index is 9.96. The lowest BCUT2D eigenvalue weighted by molar-refractivity contribution is 0.158. The van der Waals surface area contributed by atoms with Gasteiger partial charge in [0.2, 0.25) is 0 Å². The van der Waals surface area contributed by atoms with E-state index in [9.17, 15) is 10.2 Å². The lowest BCUT2D eigenvalue weighted by Crippen LogP contribution is -2.30. The normalized spacial score (nSPS) is 22.6. The highest BCUT2D eigenvalue weighted by atomic mass is 16.3. The molecule has 1 aromatic rings. The fourth-order valence-corrected chi connectivity index (χ4v) is 4.67. The Bertz CT molecular complexity index is 1010. The Morgan fingerprint density at radius 1 is 1.21 bits per heavy atom. The summed E-state index contributed by atoms with van der Waals surface area (Å²) in [4.78, 5) is 7.02. The first-order valence-electron chi connectivity index (χ1n) is 11.8. The van der Waals surface area contributed by atoms with Gasteiger partial charge in [-0.25, -0.2) is 0 Å². The van der Waals surface area contributed by atoms with Gasteiger partial charge in [-0.15, -0.1) is 0 Å².